The highest BCUT2D eigenvalue weighted by molar-refractivity contribution is 5.95. The third-order valence-corrected chi connectivity index (χ3v) is 3.72. The fourth-order valence-corrected chi connectivity index (χ4v) is 2.23. The number of esters is 1. The molecule has 0 saturated carbocycles. The summed E-state index contributed by atoms with van der Waals surface area (Å²) >= 11 is 0. The molecule has 0 aromatic heterocycles. The summed E-state index contributed by atoms with van der Waals surface area (Å²) in [7, 11) is 0. The second-order valence-corrected chi connectivity index (χ2v) is 5.92. The first-order chi connectivity index (χ1) is 13.4. The van der Waals surface area contributed by atoms with E-state index in [0.717, 1.165) is 0 Å². The molecule has 0 bridgehead atoms. The van der Waals surface area contributed by atoms with Gasteiger partial charge in [0.25, 0.3) is 5.91 Å². The molecule has 28 heavy (non-hydrogen) atoms. The Labute approximate surface area is 163 Å². The van der Waals surface area contributed by atoms with Crippen LogP contribution in [0.5, 0.6) is 11.5 Å². The molecule has 2 atom stereocenters. The Bertz CT molecular complexity index is 841. The van der Waals surface area contributed by atoms with Crippen LogP contribution < -0.4 is 14.8 Å². The maximum atomic E-state index is 12.2. The lowest BCUT2D eigenvalue weighted by Gasteiger charge is -2.18. The fourth-order valence-electron chi connectivity index (χ4n) is 2.23. The first-order valence-corrected chi connectivity index (χ1v) is 8.84. The minimum atomic E-state index is -0.994. The van der Waals surface area contributed by atoms with Gasteiger partial charge in [0, 0.05) is 5.69 Å². The van der Waals surface area contributed by atoms with Gasteiger partial charge in [-0.3, -0.25) is 4.79 Å². The van der Waals surface area contributed by atoms with Gasteiger partial charge in [-0.1, -0.05) is 0 Å². The van der Waals surface area contributed by atoms with E-state index < -0.39 is 24.1 Å². The Morgan fingerprint density at radius 2 is 1.61 bits per heavy atom. The van der Waals surface area contributed by atoms with Crippen molar-refractivity contribution in [2.45, 2.75) is 33.0 Å². The highest BCUT2D eigenvalue weighted by atomic mass is 16.6. The van der Waals surface area contributed by atoms with E-state index in [4.69, 9.17) is 19.5 Å². The normalized spacial score (nSPS) is 12.2. The molecule has 7 heteroatoms. The second kappa shape index (κ2) is 9.97. The summed E-state index contributed by atoms with van der Waals surface area (Å²) in [6.07, 6.45) is -1.90. The van der Waals surface area contributed by atoms with Crippen LogP contribution in [0.2, 0.25) is 0 Å². The van der Waals surface area contributed by atoms with E-state index in [2.05, 4.69) is 5.32 Å². The molecule has 0 aliphatic carbocycles. The number of nitrogens with one attached hydrogen (secondary N) is 1. The van der Waals surface area contributed by atoms with E-state index >= 15 is 0 Å². The standard InChI is InChI=1S/C21H22N2O5/c1-4-26-18-11-7-17(8-12-18)23-20(24)14(2)28-21(25)15(3)27-19-9-5-16(13-22)6-10-19/h5-12,14-15H,4H2,1-3H3,(H,23,24)/t14-,15-/m0/s1. The number of carbonyl (C=O) groups is 2. The number of hydrogen-bond acceptors (Lipinski definition) is 6. The Morgan fingerprint density at radius 1 is 1.00 bits per heavy atom. The summed E-state index contributed by atoms with van der Waals surface area (Å²) in [6, 6.07) is 15.2. The number of nitrogens with zero attached hydrogens (tertiary/aromatic N) is 1. The van der Waals surface area contributed by atoms with E-state index in [1.807, 2.05) is 13.0 Å². The molecule has 2 aromatic rings. The van der Waals surface area contributed by atoms with E-state index in [1.54, 1.807) is 48.5 Å². The van der Waals surface area contributed by atoms with Crippen molar-refractivity contribution in [3.63, 3.8) is 0 Å². The largest absolute Gasteiger partial charge is 0.494 e. The zero-order valence-corrected chi connectivity index (χ0v) is 16.0. The predicted molar refractivity (Wildman–Crippen MR) is 103 cm³/mol. The molecule has 0 spiro atoms. The van der Waals surface area contributed by atoms with Gasteiger partial charge in [-0.25, -0.2) is 4.79 Å². The Morgan fingerprint density at radius 3 is 2.18 bits per heavy atom. The SMILES string of the molecule is CCOc1ccc(NC(=O)[C@H](C)OC(=O)[C@H](C)Oc2ccc(C#N)cc2)cc1. The van der Waals surface area contributed by atoms with Gasteiger partial charge in [-0.2, -0.15) is 5.26 Å². The fraction of sp³-hybridized carbons (Fsp3) is 0.286. The predicted octanol–water partition coefficient (Wildman–Crippen LogP) is 3.29. The first-order valence-electron chi connectivity index (χ1n) is 8.84. The third-order valence-electron chi connectivity index (χ3n) is 3.72. The van der Waals surface area contributed by atoms with E-state index in [9.17, 15) is 9.59 Å². The van der Waals surface area contributed by atoms with Crippen LogP contribution in [0.1, 0.15) is 26.3 Å². The molecular weight excluding hydrogens is 360 g/mol. The van der Waals surface area contributed by atoms with Crippen molar-refractivity contribution in [2.75, 3.05) is 11.9 Å². The molecule has 7 nitrogen and oxygen atoms in total. The van der Waals surface area contributed by atoms with Gasteiger partial charge in [0.05, 0.1) is 18.2 Å². The van der Waals surface area contributed by atoms with E-state index in [1.165, 1.54) is 13.8 Å². The van der Waals surface area contributed by atoms with E-state index in [0.29, 0.717) is 29.4 Å². The topological polar surface area (TPSA) is 97.7 Å². The lowest BCUT2D eigenvalue weighted by atomic mass is 10.2. The van der Waals surface area contributed by atoms with Crippen LogP contribution in [0.3, 0.4) is 0 Å². The monoisotopic (exact) mass is 382 g/mol. The van der Waals surface area contributed by atoms with Crippen LogP contribution in [-0.2, 0) is 14.3 Å². The molecule has 1 amide bonds. The lowest BCUT2D eigenvalue weighted by Crippen LogP contribution is -2.35. The second-order valence-electron chi connectivity index (χ2n) is 5.92. The molecule has 0 radical (unpaired) electrons. The van der Waals surface area contributed by atoms with Crippen LogP contribution in [0.15, 0.2) is 48.5 Å². The smallest absolute Gasteiger partial charge is 0.347 e. The van der Waals surface area contributed by atoms with Crippen LogP contribution in [0.4, 0.5) is 5.69 Å². The molecule has 0 aliphatic heterocycles. The Hall–Kier alpha value is -3.53. The number of hydrogen-bond donors (Lipinski definition) is 1. The highest BCUT2D eigenvalue weighted by Gasteiger charge is 2.23. The first kappa shape index (κ1) is 20.8. The van der Waals surface area contributed by atoms with Crippen molar-refractivity contribution < 1.29 is 23.8 Å². The summed E-state index contributed by atoms with van der Waals surface area (Å²) in [5.74, 6) is 0.00507. The summed E-state index contributed by atoms with van der Waals surface area (Å²) < 4.78 is 16.0. The molecule has 2 aromatic carbocycles. The zero-order chi connectivity index (χ0) is 20.5. The molecule has 1 N–H and O–H groups in total. The zero-order valence-electron chi connectivity index (χ0n) is 16.0. The van der Waals surface area contributed by atoms with Crippen molar-refractivity contribution in [1.82, 2.24) is 0 Å². The number of benzene rings is 2. The number of carbonyl (C=O) groups excluding carboxylic acids is 2. The summed E-state index contributed by atoms with van der Waals surface area (Å²) in [6.45, 7) is 5.45. The van der Waals surface area contributed by atoms with Crippen molar-refractivity contribution >= 4 is 17.6 Å². The van der Waals surface area contributed by atoms with Gasteiger partial charge >= 0.3 is 5.97 Å². The van der Waals surface area contributed by atoms with Crippen molar-refractivity contribution in [1.29, 1.82) is 5.26 Å². The average molecular weight is 382 g/mol. The summed E-state index contributed by atoms with van der Waals surface area (Å²) in [5.41, 5.74) is 1.06. The van der Waals surface area contributed by atoms with E-state index in [-0.39, 0.29) is 0 Å². The Balaban J connectivity index is 1.85. The van der Waals surface area contributed by atoms with Crippen molar-refractivity contribution in [2.24, 2.45) is 0 Å². The summed E-state index contributed by atoms with van der Waals surface area (Å²) in [4.78, 5) is 24.4. The van der Waals surface area contributed by atoms with Gasteiger partial charge in [0.1, 0.15) is 11.5 Å². The summed E-state index contributed by atoms with van der Waals surface area (Å²) in [5, 5.41) is 11.5. The quantitative estimate of drug-likeness (QED) is 0.704. The molecule has 0 saturated heterocycles. The molecule has 0 aliphatic rings. The number of rotatable bonds is 8. The maximum Gasteiger partial charge on any atom is 0.347 e. The number of ether oxygens (including phenoxy) is 3. The highest BCUT2D eigenvalue weighted by Crippen LogP contribution is 2.17. The Kier molecular flexibility index (Phi) is 7.40. The van der Waals surface area contributed by atoms with Crippen LogP contribution >= 0.6 is 0 Å². The maximum absolute atomic E-state index is 12.2. The van der Waals surface area contributed by atoms with Crippen LogP contribution in [0.25, 0.3) is 0 Å². The number of amides is 1. The average Bonchev–Trinajstić information content (AvgIpc) is 2.70. The molecule has 146 valence electrons. The number of nitriles is 1. The van der Waals surface area contributed by atoms with Crippen molar-refractivity contribution in [3.05, 3.63) is 54.1 Å². The van der Waals surface area contributed by atoms with Crippen molar-refractivity contribution in [3.8, 4) is 17.6 Å². The molecule has 0 unspecified atom stereocenters. The minimum Gasteiger partial charge on any atom is -0.494 e. The van der Waals surface area contributed by atoms with Gasteiger partial charge < -0.3 is 19.5 Å². The van der Waals surface area contributed by atoms with Gasteiger partial charge in [0.2, 0.25) is 0 Å². The van der Waals surface area contributed by atoms with Gasteiger partial charge in [-0.15, -0.1) is 0 Å². The minimum absolute atomic E-state index is 0.426. The lowest BCUT2D eigenvalue weighted by molar-refractivity contribution is -0.159. The molecule has 0 fully saturated rings. The molecular formula is C21H22N2O5. The van der Waals surface area contributed by atoms with Gasteiger partial charge in [-0.05, 0) is 69.3 Å². The molecule has 0 heterocycles. The van der Waals surface area contributed by atoms with Crippen LogP contribution in [-0.4, -0.2) is 30.7 Å². The third kappa shape index (κ3) is 6.02. The number of anilines is 1. The molecule has 2 rings (SSSR count). The van der Waals surface area contributed by atoms with Crippen LogP contribution in [0, 0.1) is 11.3 Å². The van der Waals surface area contributed by atoms with Gasteiger partial charge in [0.15, 0.2) is 12.2 Å².